The molecule has 0 bridgehead atoms. The minimum absolute atomic E-state index is 0.376. The van der Waals surface area contributed by atoms with E-state index in [9.17, 15) is 4.79 Å². The summed E-state index contributed by atoms with van der Waals surface area (Å²) in [6, 6.07) is 7.15. The lowest BCUT2D eigenvalue weighted by molar-refractivity contribution is 0.108. The molecule has 0 spiro atoms. The van der Waals surface area contributed by atoms with Crippen LogP contribution in [0.3, 0.4) is 0 Å². The number of carbonyl (C=O) groups is 1. The summed E-state index contributed by atoms with van der Waals surface area (Å²) in [7, 11) is 0. The molecule has 1 saturated heterocycles. The van der Waals surface area contributed by atoms with Gasteiger partial charge in [-0.1, -0.05) is 0 Å². The predicted molar refractivity (Wildman–Crippen MR) is 62.8 cm³/mol. The fourth-order valence-electron chi connectivity index (χ4n) is 1.98. The summed E-state index contributed by atoms with van der Waals surface area (Å²) < 4.78 is 0. The van der Waals surface area contributed by atoms with E-state index >= 15 is 0 Å². The first kappa shape index (κ1) is 11.0. The molecule has 0 amide bonds. The monoisotopic (exact) mass is 234 g/mol. The van der Waals surface area contributed by atoms with Gasteiger partial charge in [-0.2, -0.15) is 5.26 Å². The van der Waals surface area contributed by atoms with E-state index in [-0.39, 0.29) is 0 Å². The van der Waals surface area contributed by atoms with Crippen molar-refractivity contribution < 1.29 is 4.79 Å². The zero-order chi connectivity index (χ0) is 11.5. The molecule has 1 aromatic carbocycles. The molecule has 0 aliphatic carbocycles. The Bertz CT molecular complexity index is 459. The summed E-state index contributed by atoms with van der Waals surface area (Å²) in [4.78, 5) is 13.2. The highest BCUT2D eigenvalue weighted by molar-refractivity contribution is 6.67. The lowest BCUT2D eigenvalue weighted by Crippen LogP contribution is -2.18. The predicted octanol–water partition coefficient (Wildman–Crippen LogP) is 2.54. The van der Waals surface area contributed by atoms with Crippen molar-refractivity contribution in [1.29, 1.82) is 5.26 Å². The number of nitrogens with zero attached hydrogens (tertiary/aromatic N) is 2. The molecule has 82 valence electrons. The number of rotatable bonds is 2. The minimum atomic E-state index is -0.524. The highest BCUT2D eigenvalue weighted by atomic mass is 35.5. The molecule has 0 radical (unpaired) electrons. The lowest BCUT2D eigenvalue weighted by atomic mass is 10.1. The average molecular weight is 235 g/mol. The van der Waals surface area contributed by atoms with Gasteiger partial charge in [-0.15, -0.1) is 0 Å². The number of hydrogen-bond acceptors (Lipinski definition) is 3. The van der Waals surface area contributed by atoms with Gasteiger partial charge in [0.05, 0.1) is 11.3 Å². The van der Waals surface area contributed by atoms with Gasteiger partial charge >= 0.3 is 0 Å². The van der Waals surface area contributed by atoms with Crippen LogP contribution in [-0.2, 0) is 0 Å². The van der Waals surface area contributed by atoms with Crippen molar-refractivity contribution in [2.45, 2.75) is 12.8 Å². The lowest BCUT2D eigenvalue weighted by Gasteiger charge is -2.19. The van der Waals surface area contributed by atoms with Crippen LogP contribution >= 0.6 is 11.6 Å². The van der Waals surface area contributed by atoms with Crippen molar-refractivity contribution in [1.82, 2.24) is 0 Å². The quantitative estimate of drug-likeness (QED) is 0.739. The summed E-state index contributed by atoms with van der Waals surface area (Å²) in [5.74, 6) is 0. The Morgan fingerprint density at radius 2 is 2.06 bits per heavy atom. The van der Waals surface area contributed by atoms with Crippen molar-refractivity contribution in [3.63, 3.8) is 0 Å². The van der Waals surface area contributed by atoms with E-state index in [1.54, 1.807) is 18.2 Å². The first-order valence-electron chi connectivity index (χ1n) is 5.21. The van der Waals surface area contributed by atoms with Crippen LogP contribution in [0.1, 0.15) is 28.8 Å². The van der Waals surface area contributed by atoms with Gasteiger partial charge in [0.25, 0.3) is 5.24 Å². The second-order valence-electron chi connectivity index (χ2n) is 3.81. The van der Waals surface area contributed by atoms with Crippen LogP contribution in [0.25, 0.3) is 0 Å². The van der Waals surface area contributed by atoms with Gasteiger partial charge < -0.3 is 4.90 Å². The standard InChI is InChI=1S/C12H11ClN2O/c13-12(16)9-3-4-11(10(7-9)8-14)15-5-1-2-6-15/h3-4,7H,1-2,5-6H2. The molecule has 1 aromatic rings. The van der Waals surface area contributed by atoms with Crippen LogP contribution in [0.2, 0.25) is 0 Å². The Kier molecular flexibility index (Phi) is 3.12. The fourth-order valence-corrected chi connectivity index (χ4v) is 2.10. The van der Waals surface area contributed by atoms with Crippen molar-refractivity contribution >= 4 is 22.5 Å². The third-order valence-electron chi connectivity index (χ3n) is 2.79. The van der Waals surface area contributed by atoms with Crippen LogP contribution in [0.4, 0.5) is 5.69 Å². The van der Waals surface area contributed by atoms with Crippen molar-refractivity contribution in [3.05, 3.63) is 29.3 Å². The van der Waals surface area contributed by atoms with Gasteiger partial charge in [-0.25, -0.2) is 0 Å². The molecule has 0 atom stereocenters. The van der Waals surface area contributed by atoms with Gasteiger partial charge in [0, 0.05) is 18.7 Å². The van der Waals surface area contributed by atoms with E-state index < -0.39 is 5.24 Å². The molecular weight excluding hydrogens is 224 g/mol. The van der Waals surface area contributed by atoms with Crippen molar-refractivity contribution in [3.8, 4) is 6.07 Å². The number of carbonyl (C=O) groups excluding carboxylic acids is 1. The summed E-state index contributed by atoms with van der Waals surface area (Å²) in [6.45, 7) is 1.95. The van der Waals surface area contributed by atoms with E-state index in [4.69, 9.17) is 16.9 Å². The van der Waals surface area contributed by atoms with Gasteiger partial charge in [-0.3, -0.25) is 4.79 Å². The van der Waals surface area contributed by atoms with Crippen LogP contribution in [0.15, 0.2) is 18.2 Å². The van der Waals surface area contributed by atoms with E-state index in [2.05, 4.69) is 11.0 Å². The molecule has 1 heterocycles. The summed E-state index contributed by atoms with van der Waals surface area (Å²) in [5.41, 5.74) is 1.80. The van der Waals surface area contributed by atoms with Gasteiger partial charge in [0.1, 0.15) is 6.07 Å². The third kappa shape index (κ3) is 2.02. The molecular formula is C12H11ClN2O. The number of halogens is 1. The molecule has 1 aliphatic heterocycles. The second kappa shape index (κ2) is 4.54. The normalized spacial score (nSPS) is 14.9. The zero-order valence-corrected chi connectivity index (χ0v) is 9.50. The Balaban J connectivity index is 2.39. The number of nitriles is 1. The molecule has 0 unspecified atom stereocenters. The van der Waals surface area contributed by atoms with E-state index in [1.165, 1.54) is 0 Å². The minimum Gasteiger partial charge on any atom is -0.370 e. The Labute approximate surface area is 99.2 Å². The van der Waals surface area contributed by atoms with E-state index in [0.29, 0.717) is 11.1 Å². The Morgan fingerprint density at radius 1 is 1.38 bits per heavy atom. The number of anilines is 1. The van der Waals surface area contributed by atoms with Crippen LogP contribution in [0.5, 0.6) is 0 Å². The maximum absolute atomic E-state index is 11.0. The maximum Gasteiger partial charge on any atom is 0.252 e. The summed E-state index contributed by atoms with van der Waals surface area (Å²) in [6.07, 6.45) is 2.31. The molecule has 4 heteroatoms. The number of benzene rings is 1. The van der Waals surface area contributed by atoms with Crippen LogP contribution in [0, 0.1) is 11.3 Å². The number of hydrogen-bond donors (Lipinski definition) is 0. The van der Waals surface area contributed by atoms with Crippen LogP contribution < -0.4 is 4.90 Å². The van der Waals surface area contributed by atoms with Crippen molar-refractivity contribution in [2.75, 3.05) is 18.0 Å². The van der Waals surface area contributed by atoms with E-state index in [1.807, 2.05) is 0 Å². The highest BCUT2D eigenvalue weighted by Crippen LogP contribution is 2.25. The van der Waals surface area contributed by atoms with Crippen LogP contribution in [-0.4, -0.2) is 18.3 Å². The molecule has 1 fully saturated rings. The smallest absolute Gasteiger partial charge is 0.252 e. The van der Waals surface area contributed by atoms with Crippen molar-refractivity contribution in [2.24, 2.45) is 0 Å². The molecule has 1 aliphatic rings. The Morgan fingerprint density at radius 3 is 2.62 bits per heavy atom. The SMILES string of the molecule is N#Cc1cc(C(=O)Cl)ccc1N1CCCC1. The average Bonchev–Trinajstić information content (AvgIpc) is 2.81. The molecule has 0 N–H and O–H groups in total. The van der Waals surface area contributed by atoms with Gasteiger partial charge in [0.15, 0.2) is 0 Å². The largest absolute Gasteiger partial charge is 0.370 e. The summed E-state index contributed by atoms with van der Waals surface area (Å²) in [5, 5.41) is 8.53. The zero-order valence-electron chi connectivity index (χ0n) is 8.74. The topological polar surface area (TPSA) is 44.1 Å². The Hall–Kier alpha value is -1.53. The summed E-state index contributed by atoms with van der Waals surface area (Å²) >= 11 is 5.38. The third-order valence-corrected chi connectivity index (χ3v) is 3.01. The molecule has 0 saturated carbocycles. The second-order valence-corrected chi connectivity index (χ2v) is 4.15. The fraction of sp³-hybridized carbons (Fsp3) is 0.333. The van der Waals surface area contributed by atoms with Gasteiger partial charge in [0.2, 0.25) is 0 Å². The first-order valence-corrected chi connectivity index (χ1v) is 5.59. The van der Waals surface area contributed by atoms with E-state index in [0.717, 1.165) is 31.6 Å². The maximum atomic E-state index is 11.0. The highest BCUT2D eigenvalue weighted by Gasteiger charge is 2.16. The molecule has 3 nitrogen and oxygen atoms in total. The first-order chi connectivity index (χ1) is 7.72. The molecule has 2 rings (SSSR count). The van der Waals surface area contributed by atoms with Gasteiger partial charge in [-0.05, 0) is 42.6 Å². The molecule has 0 aromatic heterocycles. The molecule has 16 heavy (non-hydrogen) atoms.